The maximum atomic E-state index is 11.9. The van der Waals surface area contributed by atoms with Crippen LogP contribution >= 0.6 is 0 Å². The Morgan fingerprint density at radius 3 is 2.42 bits per heavy atom. The average Bonchev–Trinajstić information content (AvgIpc) is 2.58. The minimum atomic E-state index is -0.599. The highest BCUT2D eigenvalue weighted by Crippen LogP contribution is 2.44. The lowest BCUT2D eigenvalue weighted by Gasteiger charge is -2.42. The van der Waals surface area contributed by atoms with Crippen LogP contribution in [-0.2, 0) is 9.53 Å². The fraction of sp³-hybridized carbons (Fsp3) is 0.500. The Morgan fingerprint density at radius 2 is 1.85 bits per heavy atom. The molecule has 0 bridgehead atoms. The van der Waals surface area contributed by atoms with Crippen molar-refractivity contribution in [2.45, 2.75) is 59.7 Å². The molecule has 1 aromatic carbocycles. The van der Waals surface area contributed by atoms with Gasteiger partial charge >= 0.3 is 5.97 Å². The van der Waals surface area contributed by atoms with E-state index in [1.165, 1.54) is 6.08 Å². The minimum Gasteiger partial charge on any atom is -0.463 e. The van der Waals surface area contributed by atoms with Crippen LogP contribution in [0.25, 0.3) is 5.70 Å². The molecule has 1 aromatic rings. The Bertz CT molecular complexity index is 695. The number of rotatable bonds is 6. The first kappa shape index (κ1) is 20.2. The molecule has 0 aromatic heterocycles. The van der Waals surface area contributed by atoms with Gasteiger partial charge in [0.05, 0.1) is 12.7 Å². The smallest absolute Gasteiger partial charge is 0.330 e. The molecule has 4 heteroatoms. The van der Waals surface area contributed by atoms with Gasteiger partial charge in [-0.05, 0) is 51.8 Å². The van der Waals surface area contributed by atoms with Crippen molar-refractivity contribution >= 4 is 11.7 Å². The van der Waals surface area contributed by atoms with Crippen LogP contribution in [0.15, 0.2) is 42.0 Å². The summed E-state index contributed by atoms with van der Waals surface area (Å²) in [4.78, 5) is 14.2. The van der Waals surface area contributed by atoms with Crippen molar-refractivity contribution in [2.75, 3.05) is 6.61 Å². The molecule has 0 fully saturated rings. The van der Waals surface area contributed by atoms with Gasteiger partial charge in [-0.25, -0.2) is 4.79 Å². The van der Waals surface area contributed by atoms with E-state index in [1.54, 1.807) is 6.92 Å². The predicted octanol–water partition coefficient (Wildman–Crippen LogP) is 4.32. The second kappa shape index (κ2) is 8.54. The maximum absolute atomic E-state index is 11.9. The summed E-state index contributed by atoms with van der Waals surface area (Å²) in [6.45, 7) is 12.8. The van der Waals surface area contributed by atoms with Crippen LogP contribution in [0.1, 0.15) is 58.8 Å². The number of fused-ring (bicyclic) bond motifs is 1. The van der Waals surface area contributed by atoms with E-state index in [9.17, 15) is 9.90 Å². The molecule has 0 amide bonds. The molecule has 1 N–H and O–H groups in total. The third-order valence-corrected chi connectivity index (χ3v) is 4.83. The van der Waals surface area contributed by atoms with E-state index < -0.39 is 6.10 Å². The van der Waals surface area contributed by atoms with Crippen molar-refractivity contribution in [1.82, 2.24) is 4.90 Å². The van der Waals surface area contributed by atoms with Crippen molar-refractivity contribution < 1.29 is 14.6 Å². The molecule has 26 heavy (non-hydrogen) atoms. The second-order valence-electron chi connectivity index (χ2n) is 7.30. The number of allylic oxidation sites excluding steroid dienone is 1. The average molecular weight is 357 g/mol. The van der Waals surface area contributed by atoms with E-state index in [0.717, 1.165) is 22.4 Å². The number of hydrogen-bond acceptors (Lipinski definition) is 4. The van der Waals surface area contributed by atoms with Gasteiger partial charge in [0.15, 0.2) is 0 Å². The quantitative estimate of drug-likeness (QED) is 0.608. The molecule has 0 unspecified atom stereocenters. The van der Waals surface area contributed by atoms with E-state index in [1.807, 2.05) is 31.2 Å². The molecule has 1 aliphatic carbocycles. The molecular weight excluding hydrogens is 326 g/mol. The van der Waals surface area contributed by atoms with Gasteiger partial charge in [0.25, 0.3) is 0 Å². The van der Waals surface area contributed by atoms with Gasteiger partial charge in [-0.3, -0.25) is 0 Å². The van der Waals surface area contributed by atoms with E-state index in [2.05, 4.69) is 38.7 Å². The van der Waals surface area contributed by atoms with Crippen LogP contribution in [0.3, 0.4) is 0 Å². The molecule has 1 aliphatic rings. The molecule has 0 saturated carbocycles. The number of aliphatic hydroxyl groups is 1. The van der Waals surface area contributed by atoms with E-state index >= 15 is 0 Å². The van der Waals surface area contributed by atoms with Gasteiger partial charge in [0, 0.05) is 35.3 Å². The highest BCUT2D eigenvalue weighted by molar-refractivity contribution is 5.84. The largest absolute Gasteiger partial charge is 0.463 e. The molecule has 0 spiro atoms. The highest BCUT2D eigenvalue weighted by Gasteiger charge is 2.34. The number of benzene rings is 1. The molecule has 0 heterocycles. The lowest BCUT2D eigenvalue weighted by Crippen LogP contribution is -2.38. The summed E-state index contributed by atoms with van der Waals surface area (Å²) < 4.78 is 5.03. The second-order valence-corrected chi connectivity index (χ2v) is 7.30. The van der Waals surface area contributed by atoms with Crippen LogP contribution in [0.2, 0.25) is 0 Å². The van der Waals surface area contributed by atoms with Gasteiger partial charge in [-0.2, -0.15) is 0 Å². The SMILES string of the molecule is CCOC(=O)/C=C/C1=C(N(C(C)C)C(C)C)c2ccccc2[C@H](O)[C@@H]1C. The Morgan fingerprint density at radius 1 is 1.23 bits per heavy atom. The van der Waals surface area contributed by atoms with Crippen LogP contribution in [-0.4, -0.2) is 34.7 Å². The summed E-state index contributed by atoms with van der Waals surface area (Å²) in [6.07, 6.45) is 2.68. The third-order valence-electron chi connectivity index (χ3n) is 4.83. The lowest BCUT2D eigenvalue weighted by atomic mass is 9.79. The van der Waals surface area contributed by atoms with E-state index in [-0.39, 0.29) is 24.0 Å². The molecule has 0 aliphatic heterocycles. The predicted molar refractivity (Wildman–Crippen MR) is 105 cm³/mol. The van der Waals surface area contributed by atoms with Crippen molar-refractivity contribution in [3.63, 3.8) is 0 Å². The maximum Gasteiger partial charge on any atom is 0.330 e. The molecule has 2 atom stereocenters. The molecule has 2 rings (SSSR count). The number of carbonyl (C=O) groups is 1. The van der Waals surface area contributed by atoms with Gasteiger partial charge in [0.1, 0.15) is 0 Å². The first-order chi connectivity index (χ1) is 12.3. The zero-order valence-corrected chi connectivity index (χ0v) is 16.7. The first-order valence-electron chi connectivity index (χ1n) is 9.44. The monoisotopic (exact) mass is 357 g/mol. The zero-order valence-electron chi connectivity index (χ0n) is 16.7. The van der Waals surface area contributed by atoms with Gasteiger partial charge in [-0.1, -0.05) is 31.2 Å². The van der Waals surface area contributed by atoms with Crippen molar-refractivity contribution in [2.24, 2.45) is 5.92 Å². The summed E-state index contributed by atoms with van der Waals surface area (Å²) in [5, 5.41) is 10.8. The zero-order chi connectivity index (χ0) is 19.4. The van der Waals surface area contributed by atoms with Crippen LogP contribution < -0.4 is 0 Å². The number of nitrogens with zero attached hydrogens (tertiary/aromatic N) is 1. The number of aliphatic hydroxyl groups excluding tert-OH is 1. The van der Waals surface area contributed by atoms with Gasteiger partial charge in [0.2, 0.25) is 0 Å². The molecule has 142 valence electrons. The Hall–Kier alpha value is -2.07. The fourth-order valence-electron chi connectivity index (χ4n) is 3.76. The molecule has 4 nitrogen and oxygen atoms in total. The topological polar surface area (TPSA) is 49.8 Å². The Balaban J connectivity index is 2.68. The lowest BCUT2D eigenvalue weighted by molar-refractivity contribution is -0.137. The number of hydrogen-bond donors (Lipinski definition) is 1. The van der Waals surface area contributed by atoms with E-state index in [4.69, 9.17) is 4.74 Å². The van der Waals surface area contributed by atoms with Crippen molar-refractivity contribution in [1.29, 1.82) is 0 Å². The standard InChI is InChI=1S/C22H31NO3/c1-7-26-20(24)13-12-17-16(6)22(25)19-11-9-8-10-18(19)21(17)23(14(2)3)15(4)5/h8-16,22,25H,7H2,1-6H3/b13-12+/t16-,22-/m1/s1. The Labute approximate surface area is 157 Å². The van der Waals surface area contributed by atoms with E-state index in [0.29, 0.717) is 6.61 Å². The summed E-state index contributed by atoms with van der Waals surface area (Å²) >= 11 is 0. The normalized spacial score (nSPS) is 20.0. The summed E-state index contributed by atoms with van der Waals surface area (Å²) in [5.41, 5.74) is 4.02. The Kier molecular flexibility index (Phi) is 6.65. The number of carbonyl (C=O) groups excluding carboxylic acids is 1. The summed E-state index contributed by atoms with van der Waals surface area (Å²) in [6, 6.07) is 8.56. The molecular formula is C22H31NO3. The molecule has 0 radical (unpaired) electrons. The molecule has 0 saturated heterocycles. The number of esters is 1. The summed E-state index contributed by atoms with van der Waals surface area (Å²) in [5.74, 6) is -0.480. The first-order valence-corrected chi connectivity index (χ1v) is 9.44. The third kappa shape index (κ3) is 4.01. The van der Waals surface area contributed by atoms with Gasteiger partial charge in [-0.15, -0.1) is 0 Å². The fourth-order valence-corrected chi connectivity index (χ4v) is 3.76. The summed E-state index contributed by atoms with van der Waals surface area (Å²) in [7, 11) is 0. The minimum absolute atomic E-state index is 0.120. The number of ether oxygens (including phenoxy) is 1. The van der Waals surface area contributed by atoms with Crippen molar-refractivity contribution in [3.05, 3.63) is 53.1 Å². The van der Waals surface area contributed by atoms with Gasteiger partial charge < -0.3 is 14.7 Å². The van der Waals surface area contributed by atoms with Crippen LogP contribution in [0, 0.1) is 5.92 Å². The highest BCUT2D eigenvalue weighted by atomic mass is 16.5. The van der Waals surface area contributed by atoms with Crippen LogP contribution in [0.5, 0.6) is 0 Å². The van der Waals surface area contributed by atoms with Crippen molar-refractivity contribution in [3.8, 4) is 0 Å². The van der Waals surface area contributed by atoms with Crippen LogP contribution in [0.4, 0.5) is 0 Å².